The lowest BCUT2D eigenvalue weighted by atomic mass is 10.0. The molecule has 0 aliphatic carbocycles. The van der Waals surface area contributed by atoms with Crippen LogP contribution >= 0.6 is 0 Å². The normalized spacial score (nSPS) is 11.7. The fourth-order valence-corrected chi connectivity index (χ4v) is 2.46. The van der Waals surface area contributed by atoms with Gasteiger partial charge in [0.2, 0.25) is 0 Å². The number of hydroxylamine groups is 1. The molecule has 27 heavy (non-hydrogen) atoms. The van der Waals surface area contributed by atoms with Crippen molar-refractivity contribution >= 4 is 11.8 Å². The number of benzene rings is 2. The molecule has 1 unspecified atom stereocenters. The van der Waals surface area contributed by atoms with Crippen molar-refractivity contribution in [1.82, 2.24) is 10.8 Å². The van der Waals surface area contributed by atoms with Crippen LogP contribution in [0.1, 0.15) is 36.7 Å². The third kappa shape index (κ3) is 6.42. The van der Waals surface area contributed by atoms with Crippen molar-refractivity contribution in [2.24, 2.45) is 5.92 Å². The van der Waals surface area contributed by atoms with Crippen molar-refractivity contribution in [3.05, 3.63) is 65.7 Å². The zero-order valence-electron chi connectivity index (χ0n) is 15.9. The van der Waals surface area contributed by atoms with E-state index in [9.17, 15) is 9.59 Å². The Labute approximate surface area is 159 Å². The molecule has 0 bridgehead atoms. The molecular formula is C21H26N2O4. The number of hydrogen-bond acceptors (Lipinski definition) is 4. The van der Waals surface area contributed by atoms with E-state index in [1.165, 1.54) is 0 Å². The zero-order valence-corrected chi connectivity index (χ0v) is 15.9. The van der Waals surface area contributed by atoms with Crippen molar-refractivity contribution in [3.63, 3.8) is 0 Å². The van der Waals surface area contributed by atoms with E-state index in [0.717, 1.165) is 5.56 Å². The summed E-state index contributed by atoms with van der Waals surface area (Å²) in [4.78, 5) is 30.1. The topological polar surface area (TPSA) is 76.7 Å². The Hall–Kier alpha value is -2.86. The van der Waals surface area contributed by atoms with E-state index in [2.05, 4.69) is 10.8 Å². The summed E-state index contributed by atoms with van der Waals surface area (Å²) in [6.45, 7) is 6.43. The van der Waals surface area contributed by atoms with Gasteiger partial charge in [0, 0.05) is 5.56 Å². The Bertz CT molecular complexity index is 730. The Balaban J connectivity index is 1.91. The molecule has 2 rings (SSSR count). The molecule has 0 aliphatic rings. The molecule has 0 spiro atoms. The van der Waals surface area contributed by atoms with Gasteiger partial charge >= 0.3 is 0 Å². The third-order valence-electron chi connectivity index (χ3n) is 3.92. The molecule has 0 radical (unpaired) electrons. The first kappa shape index (κ1) is 20.5. The van der Waals surface area contributed by atoms with E-state index in [1.54, 1.807) is 24.3 Å². The van der Waals surface area contributed by atoms with E-state index < -0.39 is 6.04 Å². The molecule has 6 heteroatoms. The van der Waals surface area contributed by atoms with Crippen LogP contribution in [0, 0.1) is 5.92 Å². The van der Waals surface area contributed by atoms with Crippen molar-refractivity contribution in [1.29, 1.82) is 0 Å². The monoisotopic (exact) mass is 370 g/mol. The quantitative estimate of drug-likeness (QED) is 0.665. The van der Waals surface area contributed by atoms with Gasteiger partial charge in [-0.1, -0.05) is 44.2 Å². The van der Waals surface area contributed by atoms with Gasteiger partial charge in [0.15, 0.2) is 0 Å². The van der Waals surface area contributed by atoms with Crippen LogP contribution < -0.4 is 15.5 Å². The smallest absolute Gasteiger partial charge is 0.266 e. The maximum Gasteiger partial charge on any atom is 0.266 e. The van der Waals surface area contributed by atoms with Crippen LogP contribution in [-0.4, -0.2) is 24.5 Å². The Morgan fingerprint density at radius 2 is 1.67 bits per heavy atom. The Morgan fingerprint density at radius 1 is 1.00 bits per heavy atom. The maximum atomic E-state index is 12.5. The first-order valence-corrected chi connectivity index (χ1v) is 9.00. The molecule has 1 atom stereocenters. The fraction of sp³-hybridized carbons (Fsp3) is 0.333. The Kier molecular flexibility index (Phi) is 7.82. The van der Waals surface area contributed by atoms with Gasteiger partial charge in [-0.3, -0.25) is 14.4 Å². The lowest BCUT2D eigenvalue weighted by Gasteiger charge is -2.21. The van der Waals surface area contributed by atoms with Crippen LogP contribution in [0.4, 0.5) is 0 Å². The highest BCUT2D eigenvalue weighted by atomic mass is 16.6. The number of nitrogens with one attached hydrogen (secondary N) is 2. The molecule has 6 nitrogen and oxygen atoms in total. The third-order valence-corrected chi connectivity index (χ3v) is 3.92. The van der Waals surface area contributed by atoms with Crippen LogP contribution in [-0.2, 0) is 16.2 Å². The van der Waals surface area contributed by atoms with Gasteiger partial charge in [-0.25, -0.2) is 5.48 Å². The van der Waals surface area contributed by atoms with E-state index in [4.69, 9.17) is 9.57 Å². The van der Waals surface area contributed by atoms with Gasteiger partial charge in [0.05, 0.1) is 13.2 Å². The highest BCUT2D eigenvalue weighted by Crippen LogP contribution is 2.13. The van der Waals surface area contributed by atoms with E-state index in [1.807, 2.05) is 51.1 Å². The predicted molar refractivity (Wildman–Crippen MR) is 103 cm³/mol. The summed E-state index contributed by atoms with van der Waals surface area (Å²) in [6.07, 6.45) is 0. The second-order valence-corrected chi connectivity index (χ2v) is 6.39. The number of ether oxygens (including phenoxy) is 1. The van der Waals surface area contributed by atoms with E-state index >= 15 is 0 Å². The summed E-state index contributed by atoms with van der Waals surface area (Å²) in [5, 5.41) is 2.76. The van der Waals surface area contributed by atoms with Crippen molar-refractivity contribution < 1.29 is 19.2 Å². The molecule has 0 aromatic heterocycles. The van der Waals surface area contributed by atoms with Gasteiger partial charge < -0.3 is 10.1 Å². The molecule has 0 saturated carbocycles. The molecule has 0 heterocycles. The summed E-state index contributed by atoms with van der Waals surface area (Å²) in [6, 6.07) is 15.6. The molecule has 144 valence electrons. The minimum atomic E-state index is -0.708. The van der Waals surface area contributed by atoms with Gasteiger partial charge in [-0.05, 0) is 42.7 Å². The van der Waals surface area contributed by atoms with E-state index in [0.29, 0.717) is 17.9 Å². The van der Waals surface area contributed by atoms with Crippen molar-refractivity contribution in [3.8, 4) is 5.75 Å². The van der Waals surface area contributed by atoms with Crippen LogP contribution in [0.5, 0.6) is 5.75 Å². The average Bonchev–Trinajstić information content (AvgIpc) is 2.67. The highest BCUT2D eigenvalue weighted by Gasteiger charge is 2.25. The summed E-state index contributed by atoms with van der Waals surface area (Å²) in [7, 11) is 0. The average molecular weight is 370 g/mol. The molecule has 2 aromatic rings. The summed E-state index contributed by atoms with van der Waals surface area (Å²) in [5.74, 6) is -0.117. The molecule has 2 N–H and O–H groups in total. The second-order valence-electron chi connectivity index (χ2n) is 6.39. The van der Waals surface area contributed by atoms with Gasteiger partial charge in [0.25, 0.3) is 11.8 Å². The Morgan fingerprint density at radius 3 is 2.26 bits per heavy atom. The van der Waals surface area contributed by atoms with Gasteiger partial charge in [0.1, 0.15) is 11.8 Å². The number of rotatable bonds is 9. The first-order valence-electron chi connectivity index (χ1n) is 9.00. The number of carbonyl (C=O) groups excluding carboxylic acids is 2. The summed E-state index contributed by atoms with van der Waals surface area (Å²) < 4.78 is 5.37. The number of hydrogen-bond donors (Lipinski definition) is 2. The molecule has 0 fully saturated rings. The lowest BCUT2D eigenvalue weighted by molar-refractivity contribution is -0.137. The van der Waals surface area contributed by atoms with Gasteiger partial charge in [-0.15, -0.1) is 0 Å². The molecule has 2 aromatic carbocycles. The largest absolute Gasteiger partial charge is 0.494 e. The fourth-order valence-electron chi connectivity index (χ4n) is 2.46. The predicted octanol–water partition coefficient (Wildman–Crippen LogP) is 3.09. The van der Waals surface area contributed by atoms with Crippen molar-refractivity contribution in [2.75, 3.05) is 6.61 Å². The van der Waals surface area contributed by atoms with Gasteiger partial charge in [-0.2, -0.15) is 0 Å². The summed E-state index contributed by atoms with van der Waals surface area (Å²) >= 11 is 0. The SMILES string of the molecule is CCOc1ccc(C(=O)NC(C(=O)NOCc2ccccc2)C(C)C)cc1. The first-order chi connectivity index (χ1) is 13.0. The minimum Gasteiger partial charge on any atom is -0.494 e. The van der Waals surface area contributed by atoms with Crippen LogP contribution in [0.2, 0.25) is 0 Å². The zero-order chi connectivity index (χ0) is 19.6. The molecule has 0 aliphatic heterocycles. The molecular weight excluding hydrogens is 344 g/mol. The van der Waals surface area contributed by atoms with Crippen LogP contribution in [0.3, 0.4) is 0 Å². The highest BCUT2D eigenvalue weighted by molar-refractivity contribution is 5.97. The van der Waals surface area contributed by atoms with E-state index in [-0.39, 0.29) is 24.3 Å². The molecule has 2 amide bonds. The lowest BCUT2D eigenvalue weighted by Crippen LogP contribution is -2.49. The molecule has 0 saturated heterocycles. The maximum absolute atomic E-state index is 12.5. The summed E-state index contributed by atoms with van der Waals surface area (Å²) in [5.41, 5.74) is 3.82. The minimum absolute atomic E-state index is 0.100. The van der Waals surface area contributed by atoms with Crippen LogP contribution in [0.25, 0.3) is 0 Å². The number of amides is 2. The van der Waals surface area contributed by atoms with Crippen molar-refractivity contribution in [2.45, 2.75) is 33.4 Å². The standard InChI is InChI=1S/C21H26N2O4/c1-4-26-18-12-10-17(11-13-18)20(24)22-19(15(2)3)21(25)23-27-14-16-8-6-5-7-9-16/h5-13,15,19H,4,14H2,1-3H3,(H,22,24)(H,23,25). The second kappa shape index (κ2) is 10.3. The van der Waals surface area contributed by atoms with Crippen LogP contribution in [0.15, 0.2) is 54.6 Å². The number of carbonyl (C=O) groups is 2.